The molecule has 1 amide bonds. The molecular weight excluding hydrogens is 338 g/mol. The van der Waals surface area contributed by atoms with Gasteiger partial charge in [0.2, 0.25) is 15.9 Å². The molecule has 2 N–H and O–H groups in total. The van der Waals surface area contributed by atoms with Crippen molar-refractivity contribution < 1.29 is 13.2 Å². The van der Waals surface area contributed by atoms with Crippen LogP contribution in [0.3, 0.4) is 0 Å². The van der Waals surface area contributed by atoms with Gasteiger partial charge < -0.3 is 10.6 Å². The number of hydrogen-bond acceptors (Lipinski definition) is 4. The van der Waals surface area contributed by atoms with Gasteiger partial charge in [-0.25, -0.2) is 8.42 Å². The number of anilines is 2. The van der Waals surface area contributed by atoms with Crippen molar-refractivity contribution in [1.82, 2.24) is 4.31 Å². The number of carbonyl (C=O) groups excluding carboxylic acids is 1. The third kappa shape index (κ3) is 4.52. The predicted molar refractivity (Wildman–Crippen MR) is 101 cm³/mol. The Morgan fingerprint density at radius 3 is 2.28 bits per heavy atom. The molecule has 6 nitrogen and oxygen atoms in total. The summed E-state index contributed by atoms with van der Waals surface area (Å²) < 4.78 is 27.5. The average Bonchev–Trinajstić information content (AvgIpc) is 3.00. The van der Waals surface area contributed by atoms with E-state index >= 15 is 0 Å². The van der Waals surface area contributed by atoms with Crippen molar-refractivity contribution in [2.45, 2.75) is 57.3 Å². The van der Waals surface area contributed by atoms with Gasteiger partial charge in [-0.2, -0.15) is 4.31 Å². The van der Waals surface area contributed by atoms with Crippen LogP contribution in [0.15, 0.2) is 23.1 Å². The van der Waals surface area contributed by atoms with Gasteiger partial charge >= 0.3 is 0 Å². The summed E-state index contributed by atoms with van der Waals surface area (Å²) in [6.07, 6.45) is 4.87. The highest BCUT2D eigenvalue weighted by Gasteiger charge is 2.27. The number of nitrogen functional groups attached to an aromatic ring is 1. The molecule has 0 saturated carbocycles. The standard InChI is InChI=1S/C18H29N3O3S/c1-3-5-11-20(12-6-4-2)25(23,24)15-9-10-17(16(19)14-15)21-13-7-8-18(21)22/h9-10,14H,3-8,11-13,19H2,1-2H3. The van der Waals surface area contributed by atoms with E-state index in [9.17, 15) is 13.2 Å². The molecule has 0 aliphatic carbocycles. The molecule has 2 rings (SSSR count). The lowest BCUT2D eigenvalue weighted by Crippen LogP contribution is -2.33. The average molecular weight is 368 g/mol. The number of carbonyl (C=O) groups is 1. The fraction of sp³-hybridized carbons (Fsp3) is 0.611. The van der Waals surface area contributed by atoms with Crippen LogP contribution in [-0.4, -0.2) is 38.3 Å². The van der Waals surface area contributed by atoms with Crippen LogP contribution in [-0.2, 0) is 14.8 Å². The lowest BCUT2D eigenvalue weighted by molar-refractivity contribution is -0.117. The van der Waals surface area contributed by atoms with Crippen LogP contribution in [0.2, 0.25) is 0 Å². The maximum Gasteiger partial charge on any atom is 0.243 e. The fourth-order valence-corrected chi connectivity index (χ4v) is 4.56. The molecule has 0 unspecified atom stereocenters. The highest BCUT2D eigenvalue weighted by atomic mass is 32.2. The molecular formula is C18H29N3O3S. The Bertz CT molecular complexity index is 696. The minimum absolute atomic E-state index is 0.0369. The van der Waals surface area contributed by atoms with Crippen molar-refractivity contribution in [3.8, 4) is 0 Å². The number of hydrogen-bond donors (Lipinski definition) is 1. The zero-order valence-electron chi connectivity index (χ0n) is 15.2. The molecule has 1 aromatic carbocycles. The largest absolute Gasteiger partial charge is 0.397 e. The molecule has 0 atom stereocenters. The predicted octanol–water partition coefficient (Wildman–Crippen LogP) is 2.99. The summed E-state index contributed by atoms with van der Waals surface area (Å²) in [6, 6.07) is 4.71. The van der Waals surface area contributed by atoms with Crippen LogP contribution in [0.4, 0.5) is 11.4 Å². The van der Waals surface area contributed by atoms with E-state index in [2.05, 4.69) is 0 Å². The number of amides is 1. The second-order valence-electron chi connectivity index (χ2n) is 6.48. The minimum Gasteiger partial charge on any atom is -0.397 e. The molecule has 1 saturated heterocycles. The van der Waals surface area contributed by atoms with Crippen LogP contribution in [0.5, 0.6) is 0 Å². The second-order valence-corrected chi connectivity index (χ2v) is 8.42. The maximum absolute atomic E-state index is 13.0. The first kappa shape index (κ1) is 19.7. The SMILES string of the molecule is CCCCN(CCCC)S(=O)(=O)c1ccc(N2CCCC2=O)c(N)c1. The van der Waals surface area contributed by atoms with Crippen molar-refractivity contribution in [2.75, 3.05) is 30.3 Å². The number of unbranched alkanes of at least 4 members (excludes halogenated alkanes) is 2. The highest BCUT2D eigenvalue weighted by molar-refractivity contribution is 7.89. The second kappa shape index (κ2) is 8.67. The topological polar surface area (TPSA) is 83.7 Å². The van der Waals surface area contributed by atoms with E-state index in [0.717, 1.165) is 32.1 Å². The quantitative estimate of drug-likeness (QED) is 0.680. The van der Waals surface area contributed by atoms with Crippen molar-refractivity contribution in [3.63, 3.8) is 0 Å². The summed E-state index contributed by atoms with van der Waals surface area (Å²) in [7, 11) is -3.57. The summed E-state index contributed by atoms with van der Waals surface area (Å²) in [5.74, 6) is 0.0369. The van der Waals surface area contributed by atoms with E-state index in [1.54, 1.807) is 21.3 Å². The van der Waals surface area contributed by atoms with Crippen LogP contribution >= 0.6 is 0 Å². The smallest absolute Gasteiger partial charge is 0.243 e. The monoisotopic (exact) mass is 367 g/mol. The van der Waals surface area contributed by atoms with Gasteiger partial charge in [0.1, 0.15) is 0 Å². The van der Waals surface area contributed by atoms with Crippen molar-refractivity contribution in [2.24, 2.45) is 0 Å². The van der Waals surface area contributed by atoms with E-state index in [1.807, 2.05) is 13.8 Å². The number of nitrogens with two attached hydrogens (primary N) is 1. The van der Waals surface area contributed by atoms with Gasteiger partial charge in [-0.05, 0) is 37.5 Å². The highest BCUT2D eigenvalue weighted by Crippen LogP contribution is 2.30. The van der Waals surface area contributed by atoms with Gasteiger partial charge in [-0.15, -0.1) is 0 Å². The third-order valence-electron chi connectivity index (χ3n) is 4.52. The van der Waals surface area contributed by atoms with Gasteiger partial charge in [0.15, 0.2) is 0 Å². The Morgan fingerprint density at radius 2 is 1.80 bits per heavy atom. The first-order chi connectivity index (χ1) is 11.9. The zero-order valence-corrected chi connectivity index (χ0v) is 16.0. The van der Waals surface area contributed by atoms with Crippen LogP contribution in [0.1, 0.15) is 52.4 Å². The normalized spacial score (nSPS) is 15.3. The van der Waals surface area contributed by atoms with Gasteiger partial charge in [0.25, 0.3) is 0 Å². The Balaban J connectivity index is 2.28. The van der Waals surface area contributed by atoms with E-state index in [4.69, 9.17) is 5.73 Å². The summed E-state index contributed by atoms with van der Waals surface area (Å²) >= 11 is 0. The van der Waals surface area contributed by atoms with E-state index in [-0.39, 0.29) is 10.8 Å². The van der Waals surface area contributed by atoms with E-state index in [0.29, 0.717) is 37.4 Å². The molecule has 25 heavy (non-hydrogen) atoms. The molecule has 1 aromatic rings. The van der Waals surface area contributed by atoms with Crippen molar-refractivity contribution >= 4 is 27.3 Å². The summed E-state index contributed by atoms with van der Waals surface area (Å²) in [6.45, 7) is 5.76. The van der Waals surface area contributed by atoms with Crippen LogP contribution < -0.4 is 10.6 Å². The first-order valence-corrected chi connectivity index (χ1v) is 10.6. The number of nitrogens with zero attached hydrogens (tertiary/aromatic N) is 2. The van der Waals surface area contributed by atoms with E-state index < -0.39 is 10.0 Å². The Morgan fingerprint density at radius 1 is 1.16 bits per heavy atom. The Labute approximate surface area is 151 Å². The molecule has 1 aliphatic heterocycles. The molecule has 0 bridgehead atoms. The maximum atomic E-state index is 13.0. The van der Waals surface area contributed by atoms with Crippen LogP contribution in [0.25, 0.3) is 0 Å². The molecule has 1 fully saturated rings. The van der Waals surface area contributed by atoms with Gasteiger partial charge in [0, 0.05) is 26.1 Å². The zero-order chi connectivity index (χ0) is 18.4. The summed E-state index contributed by atoms with van der Waals surface area (Å²) in [5, 5.41) is 0. The van der Waals surface area contributed by atoms with E-state index in [1.165, 1.54) is 6.07 Å². The number of sulfonamides is 1. The number of benzene rings is 1. The molecule has 140 valence electrons. The van der Waals surface area contributed by atoms with Crippen LogP contribution in [0, 0.1) is 0 Å². The first-order valence-electron chi connectivity index (χ1n) is 9.11. The third-order valence-corrected chi connectivity index (χ3v) is 6.42. The Hall–Kier alpha value is -1.60. The molecule has 1 heterocycles. The lowest BCUT2D eigenvalue weighted by atomic mass is 10.2. The molecule has 1 aliphatic rings. The lowest BCUT2D eigenvalue weighted by Gasteiger charge is -2.23. The van der Waals surface area contributed by atoms with Crippen molar-refractivity contribution in [3.05, 3.63) is 18.2 Å². The fourth-order valence-electron chi connectivity index (χ4n) is 3.01. The summed E-state index contributed by atoms with van der Waals surface area (Å²) in [4.78, 5) is 13.7. The number of rotatable bonds is 9. The molecule has 0 spiro atoms. The Kier molecular flexibility index (Phi) is 6.84. The van der Waals surface area contributed by atoms with Gasteiger partial charge in [-0.3, -0.25) is 4.79 Å². The summed E-state index contributed by atoms with van der Waals surface area (Å²) in [5.41, 5.74) is 7.03. The molecule has 7 heteroatoms. The molecule has 0 radical (unpaired) electrons. The van der Waals surface area contributed by atoms with Crippen molar-refractivity contribution in [1.29, 1.82) is 0 Å². The van der Waals surface area contributed by atoms with Gasteiger partial charge in [-0.1, -0.05) is 26.7 Å². The van der Waals surface area contributed by atoms with Gasteiger partial charge in [0.05, 0.1) is 16.3 Å². The minimum atomic E-state index is -3.57. The molecule has 0 aromatic heterocycles.